The highest BCUT2D eigenvalue weighted by Crippen LogP contribution is 2.35. The minimum Gasteiger partial charge on any atom is -0.444 e. The van der Waals surface area contributed by atoms with Crippen LogP contribution in [-0.4, -0.2) is 70.9 Å². The van der Waals surface area contributed by atoms with Crippen molar-refractivity contribution >= 4 is 57.6 Å². The Balaban J connectivity index is 1.97. The largest absolute Gasteiger partial charge is 0.444 e. The minimum atomic E-state index is -0.587. The fraction of sp³-hybridized carbons (Fsp3) is 0.579. The maximum absolute atomic E-state index is 12.7. The van der Waals surface area contributed by atoms with E-state index in [2.05, 4.69) is 15.0 Å². The fourth-order valence-electron chi connectivity index (χ4n) is 3.63. The summed E-state index contributed by atoms with van der Waals surface area (Å²) in [6.07, 6.45) is 1.89. The predicted octanol–water partition coefficient (Wildman–Crippen LogP) is 4.45. The third-order valence-corrected chi connectivity index (χ3v) is 5.81. The molecule has 164 valence electrons. The molecule has 0 saturated carbocycles. The molecule has 3 rings (SSSR count). The van der Waals surface area contributed by atoms with Gasteiger partial charge in [0.15, 0.2) is 0 Å². The molecule has 2 aromatic rings. The van der Waals surface area contributed by atoms with Crippen LogP contribution >= 0.6 is 34.8 Å². The van der Waals surface area contributed by atoms with E-state index in [1.807, 2.05) is 32.7 Å². The van der Waals surface area contributed by atoms with Crippen molar-refractivity contribution in [2.24, 2.45) is 0 Å². The molecule has 11 heteroatoms. The van der Waals surface area contributed by atoms with Crippen molar-refractivity contribution in [3.05, 3.63) is 21.7 Å². The Morgan fingerprint density at radius 2 is 2.00 bits per heavy atom. The Morgan fingerprint density at radius 3 is 2.63 bits per heavy atom. The van der Waals surface area contributed by atoms with Crippen molar-refractivity contribution in [1.82, 2.24) is 19.9 Å². The summed E-state index contributed by atoms with van der Waals surface area (Å²) in [4.78, 5) is 29.1. The number of ether oxygens (including phenoxy) is 2. The van der Waals surface area contributed by atoms with Crippen LogP contribution in [0.15, 0.2) is 6.20 Å². The molecule has 2 aromatic heterocycles. The zero-order valence-corrected chi connectivity index (χ0v) is 19.7. The Morgan fingerprint density at radius 1 is 1.30 bits per heavy atom. The predicted molar refractivity (Wildman–Crippen MR) is 118 cm³/mol. The SMILES string of the molecule is COCC1C(N(C)c2nc(Cl)nc3c(Cl)c(Cl)ncc23)CCN1C(=O)OC(C)(C)C. The smallest absolute Gasteiger partial charge is 0.410 e. The summed E-state index contributed by atoms with van der Waals surface area (Å²) in [6, 6.07) is -0.338. The van der Waals surface area contributed by atoms with Gasteiger partial charge in [-0.2, -0.15) is 4.98 Å². The molecule has 0 N–H and O–H groups in total. The van der Waals surface area contributed by atoms with Crippen molar-refractivity contribution < 1.29 is 14.3 Å². The van der Waals surface area contributed by atoms with Gasteiger partial charge in [-0.1, -0.05) is 23.2 Å². The van der Waals surface area contributed by atoms with Gasteiger partial charge in [0.05, 0.1) is 24.1 Å². The lowest BCUT2D eigenvalue weighted by molar-refractivity contribution is 0.0136. The Hall–Kier alpha value is -1.61. The van der Waals surface area contributed by atoms with E-state index in [9.17, 15) is 4.79 Å². The molecular weight excluding hydrogens is 453 g/mol. The first kappa shape index (κ1) is 23.1. The van der Waals surface area contributed by atoms with Crippen LogP contribution in [0.4, 0.5) is 10.6 Å². The lowest BCUT2D eigenvalue weighted by Gasteiger charge is -2.34. The number of anilines is 1. The highest BCUT2D eigenvalue weighted by molar-refractivity contribution is 6.44. The molecule has 2 atom stereocenters. The van der Waals surface area contributed by atoms with Gasteiger partial charge in [-0.15, -0.1) is 0 Å². The number of nitrogens with zero attached hydrogens (tertiary/aromatic N) is 5. The van der Waals surface area contributed by atoms with Crippen molar-refractivity contribution in [3.63, 3.8) is 0 Å². The van der Waals surface area contributed by atoms with Crippen LogP contribution in [0.2, 0.25) is 15.5 Å². The van der Waals surface area contributed by atoms with Crippen LogP contribution in [-0.2, 0) is 9.47 Å². The maximum atomic E-state index is 12.7. The number of carbonyl (C=O) groups is 1. The minimum absolute atomic E-state index is 0.0406. The van der Waals surface area contributed by atoms with Gasteiger partial charge in [0.1, 0.15) is 27.1 Å². The van der Waals surface area contributed by atoms with Gasteiger partial charge < -0.3 is 19.3 Å². The molecule has 0 spiro atoms. The molecule has 1 saturated heterocycles. The number of likely N-dealkylation sites (N-methyl/N-ethyl adjacent to an activating group) is 1. The van der Waals surface area contributed by atoms with Crippen LogP contribution in [0, 0.1) is 0 Å². The molecule has 1 fully saturated rings. The second kappa shape index (κ2) is 8.86. The average molecular weight is 477 g/mol. The van der Waals surface area contributed by atoms with Crippen molar-refractivity contribution in [2.45, 2.75) is 44.9 Å². The monoisotopic (exact) mass is 475 g/mol. The summed E-state index contributed by atoms with van der Waals surface area (Å²) in [5, 5.41) is 1.01. The molecule has 1 aliphatic heterocycles. The van der Waals surface area contributed by atoms with Crippen molar-refractivity contribution in [3.8, 4) is 0 Å². The van der Waals surface area contributed by atoms with Gasteiger partial charge in [-0.25, -0.2) is 14.8 Å². The summed E-state index contributed by atoms with van der Waals surface area (Å²) < 4.78 is 11.0. The van der Waals surface area contributed by atoms with Crippen LogP contribution in [0.5, 0.6) is 0 Å². The van der Waals surface area contributed by atoms with E-state index in [1.54, 1.807) is 18.2 Å². The summed E-state index contributed by atoms with van der Waals surface area (Å²) in [5.74, 6) is 0.549. The standard InChI is InChI=1S/C19H24Cl3N5O3/c1-19(2,3)30-18(28)27-7-6-11(12(27)9-29-5)26(4)16-10-8-23-15(21)13(20)14(10)24-17(22)25-16/h8,11-12H,6-7,9H2,1-5H3. The van der Waals surface area contributed by atoms with Gasteiger partial charge in [0.2, 0.25) is 5.28 Å². The van der Waals surface area contributed by atoms with Gasteiger partial charge in [0.25, 0.3) is 0 Å². The first-order valence-electron chi connectivity index (χ1n) is 9.42. The molecule has 1 amide bonds. The van der Waals surface area contributed by atoms with Crippen LogP contribution < -0.4 is 4.90 Å². The van der Waals surface area contributed by atoms with Crippen molar-refractivity contribution in [2.75, 3.05) is 32.2 Å². The third-order valence-electron chi connectivity index (χ3n) is 4.90. The van der Waals surface area contributed by atoms with E-state index in [1.165, 1.54) is 0 Å². The molecule has 0 radical (unpaired) electrons. The molecule has 0 bridgehead atoms. The number of aromatic nitrogens is 3. The number of carbonyl (C=O) groups excluding carboxylic acids is 1. The van der Waals surface area contributed by atoms with Gasteiger partial charge in [-0.05, 0) is 38.8 Å². The molecule has 1 aliphatic rings. The Bertz CT molecular complexity index is 953. The summed E-state index contributed by atoms with van der Waals surface area (Å²) in [6.45, 7) is 6.39. The Kier molecular flexibility index (Phi) is 6.81. The van der Waals surface area contributed by atoms with E-state index in [0.29, 0.717) is 36.3 Å². The molecule has 0 aromatic carbocycles. The van der Waals surface area contributed by atoms with Crippen LogP contribution in [0.1, 0.15) is 27.2 Å². The zero-order chi connectivity index (χ0) is 22.2. The van der Waals surface area contributed by atoms with E-state index >= 15 is 0 Å². The highest BCUT2D eigenvalue weighted by atomic mass is 35.5. The van der Waals surface area contributed by atoms with Crippen LogP contribution in [0.3, 0.4) is 0 Å². The molecule has 8 nitrogen and oxygen atoms in total. The second-order valence-corrected chi connectivity index (χ2v) is 9.18. The lowest BCUT2D eigenvalue weighted by Crippen LogP contribution is -2.49. The number of halogens is 3. The van der Waals surface area contributed by atoms with E-state index in [-0.39, 0.29) is 33.6 Å². The number of pyridine rings is 1. The first-order chi connectivity index (χ1) is 14.0. The number of hydrogen-bond acceptors (Lipinski definition) is 7. The Labute approximate surface area is 190 Å². The number of likely N-dealkylation sites (tertiary alicyclic amines) is 1. The summed E-state index contributed by atoms with van der Waals surface area (Å²) in [7, 11) is 3.48. The topological polar surface area (TPSA) is 80.7 Å². The van der Waals surface area contributed by atoms with Gasteiger partial charge in [0, 0.05) is 26.9 Å². The number of fused-ring (bicyclic) bond motifs is 1. The second-order valence-electron chi connectivity index (χ2n) is 8.10. The van der Waals surface area contributed by atoms with E-state index < -0.39 is 5.60 Å². The molecule has 0 aliphatic carbocycles. The third kappa shape index (κ3) is 4.66. The summed E-state index contributed by atoms with van der Waals surface area (Å²) >= 11 is 18.5. The first-order valence-corrected chi connectivity index (χ1v) is 10.6. The van der Waals surface area contributed by atoms with E-state index in [4.69, 9.17) is 44.3 Å². The molecule has 2 unspecified atom stereocenters. The fourth-order valence-corrected chi connectivity index (χ4v) is 4.12. The number of hydrogen-bond donors (Lipinski definition) is 0. The number of methoxy groups -OCH3 is 1. The average Bonchev–Trinajstić information content (AvgIpc) is 3.07. The van der Waals surface area contributed by atoms with Crippen molar-refractivity contribution in [1.29, 1.82) is 0 Å². The number of rotatable bonds is 4. The summed E-state index contributed by atoms with van der Waals surface area (Å²) in [5.41, 5.74) is -0.166. The molecule has 3 heterocycles. The molecule has 30 heavy (non-hydrogen) atoms. The normalized spacial score (nSPS) is 19.4. The zero-order valence-electron chi connectivity index (χ0n) is 17.4. The highest BCUT2D eigenvalue weighted by Gasteiger charge is 2.41. The van der Waals surface area contributed by atoms with Gasteiger partial charge >= 0.3 is 6.09 Å². The molecular formula is C19H24Cl3N5O3. The quantitative estimate of drug-likeness (QED) is 0.476. The maximum Gasteiger partial charge on any atom is 0.410 e. The van der Waals surface area contributed by atoms with Crippen LogP contribution in [0.25, 0.3) is 10.9 Å². The lowest BCUT2D eigenvalue weighted by atomic mass is 10.1. The number of amides is 1. The van der Waals surface area contributed by atoms with Gasteiger partial charge in [-0.3, -0.25) is 0 Å². The van der Waals surface area contributed by atoms with E-state index in [0.717, 1.165) is 0 Å².